The van der Waals surface area contributed by atoms with Crippen molar-refractivity contribution in [3.63, 3.8) is 0 Å². The van der Waals surface area contributed by atoms with Crippen LogP contribution in [0.25, 0.3) is 28.2 Å². The number of aromatic nitrogens is 6. The Bertz CT molecular complexity index is 1170. The van der Waals surface area contributed by atoms with Crippen LogP contribution in [0.1, 0.15) is 12.5 Å². The number of halogens is 4. The molecule has 0 aromatic carbocycles. The van der Waals surface area contributed by atoms with Crippen LogP contribution < -0.4 is 0 Å². The maximum absolute atomic E-state index is 13.0. The lowest BCUT2D eigenvalue weighted by Gasteiger charge is -2.05. The van der Waals surface area contributed by atoms with Crippen molar-refractivity contribution in [3.8, 4) is 11.4 Å². The Labute approximate surface area is 164 Å². The molecule has 0 saturated heterocycles. The second kappa shape index (κ2) is 6.48. The molecule has 4 heterocycles. The third kappa shape index (κ3) is 2.98. The van der Waals surface area contributed by atoms with Crippen molar-refractivity contribution in [1.82, 2.24) is 29.1 Å². The molecule has 0 fully saturated rings. The van der Waals surface area contributed by atoms with E-state index in [1.54, 1.807) is 28.4 Å². The fraction of sp³-hybridized carbons (Fsp3) is 0.250. The molecule has 6 nitrogen and oxygen atoms in total. The van der Waals surface area contributed by atoms with Crippen molar-refractivity contribution in [2.75, 3.05) is 5.75 Å². The van der Waals surface area contributed by atoms with Gasteiger partial charge in [-0.3, -0.25) is 0 Å². The number of thioether (sulfide) groups is 1. The van der Waals surface area contributed by atoms with Crippen molar-refractivity contribution < 1.29 is 13.2 Å². The molecule has 4 aromatic rings. The number of nitrogens with zero attached hydrogens (tertiary/aromatic N) is 6. The van der Waals surface area contributed by atoms with Gasteiger partial charge >= 0.3 is 6.18 Å². The predicted molar refractivity (Wildman–Crippen MR) is 99.6 cm³/mol. The Hall–Kier alpha value is -2.14. The van der Waals surface area contributed by atoms with Gasteiger partial charge in [0.15, 0.2) is 11.3 Å². The van der Waals surface area contributed by atoms with E-state index in [0.717, 1.165) is 18.0 Å². The lowest BCUT2D eigenvalue weighted by atomic mass is 10.2. The van der Waals surface area contributed by atoms with Gasteiger partial charge in [0, 0.05) is 19.4 Å². The average Bonchev–Trinajstić information content (AvgIpc) is 3.13. The lowest BCUT2D eigenvalue weighted by Crippen LogP contribution is -2.05. The zero-order valence-corrected chi connectivity index (χ0v) is 16.5. The van der Waals surface area contributed by atoms with E-state index in [1.165, 1.54) is 11.8 Å². The summed E-state index contributed by atoms with van der Waals surface area (Å²) in [6, 6.07) is 2.77. The Morgan fingerprint density at radius 1 is 1.22 bits per heavy atom. The van der Waals surface area contributed by atoms with Gasteiger partial charge in [-0.1, -0.05) is 6.92 Å². The first-order valence-electron chi connectivity index (χ1n) is 7.87. The molecule has 27 heavy (non-hydrogen) atoms. The van der Waals surface area contributed by atoms with E-state index >= 15 is 0 Å². The van der Waals surface area contributed by atoms with Crippen LogP contribution in [0.4, 0.5) is 13.2 Å². The Balaban J connectivity index is 2.01. The molecule has 0 atom stereocenters. The SMILES string of the molecule is CCSc1nn2c(Br)ccnc2c1-c1nc2cc(C(F)(F)F)cnc2n1C. The zero-order chi connectivity index (χ0) is 19.3. The summed E-state index contributed by atoms with van der Waals surface area (Å²) in [5, 5.41) is 5.26. The van der Waals surface area contributed by atoms with Gasteiger partial charge in [-0.05, 0) is 33.8 Å². The van der Waals surface area contributed by atoms with Crippen LogP contribution in [0.3, 0.4) is 0 Å². The molecule has 0 aliphatic rings. The van der Waals surface area contributed by atoms with Crippen LogP contribution in [0.15, 0.2) is 34.2 Å². The molecule has 11 heteroatoms. The van der Waals surface area contributed by atoms with Crippen LogP contribution in [0.2, 0.25) is 0 Å². The zero-order valence-electron chi connectivity index (χ0n) is 14.1. The number of hydrogen-bond acceptors (Lipinski definition) is 5. The topological polar surface area (TPSA) is 60.9 Å². The van der Waals surface area contributed by atoms with Gasteiger partial charge in [0.05, 0.1) is 11.1 Å². The molecule has 0 bridgehead atoms. The molecule has 4 aromatic heterocycles. The van der Waals surface area contributed by atoms with Crippen molar-refractivity contribution >= 4 is 44.5 Å². The van der Waals surface area contributed by atoms with Gasteiger partial charge in [-0.2, -0.15) is 18.3 Å². The van der Waals surface area contributed by atoms with E-state index in [1.807, 2.05) is 6.92 Å². The second-order valence-electron chi connectivity index (χ2n) is 5.68. The molecule has 0 aliphatic heterocycles. The Morgan fingerprint density at radius 3 is 2.70 bits per heavy atom. The molecule has 0 amide bonds. The number of fused-ring (bicyclic) bond motifs is 2. The average molecular weight is 457 g/mol. The predicted octanol–water partition coefficient (Wildman–Crippen LogP) is 4.57. The minimum atomic E-state index is -4.47. The first kappa shape index (κ1) is 18.2. The Morgan fingerprint density at radius 2 is 2.00 bits per heavy atom. The van der Waals surface area contributed by atoms with Gasteiger partial charge in [0.1, 0.15) is 21.0 Å². The van der Waals surface area contributed by atoms with Gasteiger partial charge in [-0.25, -0.2) is 19.5 Å². The van der Waals surface area contributed by atoms with E-state index < -0.39 is 11.7 Å². The number of rotatable bonds is 3. The largest absolute Gasteiger partial charge is 0.417 e. The summed E-state index contributed by atoms with van der Waals surface area (Å²) in [6.07, 6.45) is -2.02. The van der Waals surface area contributed by atoms with Crippen LogP contribution in [0, 0.1) is 0 Å². The van der Waals surface area contributed by atoms with Crippen molar-refractivity contribution in [3.05, 3.63) is 34.7 Å². The van der Waals surface area contributed by atoms with Crippen LogP contribution in [-0.2, 0) is 13.2 Å². The molecule has 0 spiro atoms. The summed E-state index contributed by atoms with van der Waals surface area (Å²) in [7, 11) is 1.72. The lowest BCUT2D eigenvalue weighted by molar-refractivity contribution is -0.137. The fourth-order valence-corrected chi connectivity index (χ4v) is 3.89. The van der Waals surface area contributed by atoms with E-state index in [2.05, 4.69) is 36.0 Å². The smallest absolute Gasteiger partial charge is 0.312 e. The molecule has 0 N–H and O–H groups in total. The third-order valence-corrected chi connectivity index (χ3v) is 5.43. The molecule has 140 valence electrons. The van der Waals surface area contributed by atoms with Gasteiger partial charge < -0.3 is 4.57 Å². The summed E-state index contributed by atoms with van der Waals surface area (Å²) in [5.41, 5.74) is 0.930. The van der Waals surface area contributed by atoms with Gasteiger partial charge in [-0.15, -0.1) is 11.8 Å². The first-order valence-corrected chi connectivity index (χ1v) is 9.65. The monoisotopic (exact) mass is 456 g/mol. The highest BCUT2D eigenvalue weighted by molar-refractivity contribution is 9.10. The summed E-state index contributed by atoms with van der Waals surface area (Å²) >= 11 is 4.95. The van der Waals surface area contributed by atoms with Crippen LogP contribution in [-0.4, -0.2) is 34.9 Å². The van der Waals surface area contributed by atoms with Crippen molar-refractivity contribution in [2.45, 2.75) is 18.1 Å². The molecule has 0 saturated carbocycles. The van der Waals surface area contributed by atoms with Crippen molar-refractivity contribution in [2.24, 2.45) is 7.05 Å². The molecule has 4 rings (SSSR count). The summed E-state index contributed by atoms with van der Waals surface area (Å²) < 4.78 is 43.0. The number of hydrogen-bond donors (Lipinski definition) is 0. The third-order valence-electron chi connectivity index (χ3n) is 3.98. The van der Waals surface area contributed by atoms with E-state index in [-0.39, 0.29) is 5.52 Å². The fourth-order valence-electron chi connectivity index (χ4n) is 2.79. The molecule has 0 radical (unpaired) electrons. The highest BCUT2D eigenvalue weighted by Crippen LogP contribution is 2.36. The summed E-state index contributed by atoms with van der Waals surface area (Å²) in [6.45, 7) is 1.99. The van der Waals surface area contributed by atoms with Crippen LogP contribution >= 0.6 is 27.7 Å². The number of alkyl halides is 3. The number of imidazole rings is 1. The number of aryl methyl sites for hydroxylation is 1. The molecular weight excluding hydrogens is 445 g/mol. The standard InChI is InChI=1S/C16H12BrF3N6S/c1-3-27-15-11(13-21-5-4-10(17)26(13)24-15)14-23-9-6-8(16(18,19)20)7-22-12(9)25(14)2/h4-7H,3H2,1-2H3. The maximum Gasteiger partial charge on any atom is 0.417 e. The minimum Gasteiger partial charge on any atom is -0.312 e. The summed E-state index contributed by atoms with van der Waals surface area (Å²) in [4.78, 5) is 12.8. The molecular formula is C16H12BrF3N6S. The normalized spacial score (nSPS) is 12.4. The molecule has 0 aliphatic carbocycles. The first-order chi connectivity index (χ1) is 12.8. The van der Waals surface area contributed by atoms with Crippen molar-refractivity contribution in [1.29, 1.82) is 0 Å². The second-order valence-corrected chi connectivity index (χ2v) is 7.74. The minimum absolute atomic E-state index is 0.170. The van der Waals surface area contributed by atoms with Crippen LogP contribution in [0.5, 0.6) is 0 Å². The van der Waals surface area contributed by atoms with E-state index in [4.69, 9.17) is 0 Å². The molecule has 0 unspecified atom stereocenters. The quantitative estimate of drug-likeness (QED) is 0.333. The van der Waals surface area contributed by atoms with E-state index in [9.17, 15) is 13.2 Å². The summed E-state index contributed by atoms with van der Waals surface area (Å²) in [5.74, 6) is 1.24. The number of pyridine rings is 1. The van der Waals surface area contributed by atoms with Gasteiger partial charge in [0.25, 0.3) is 0 Å². The highest BCUT2D eigenvalue weighted by Gasteiger charge is 2.32. The maximum atomic E-state index is 13.0. The van der Waals surface area contributed by atoms with Gasteiger partial charge in [0.2, 0.25) is 0 Å². The Kier molecular flexibility index (Phi) is 4.38. The highest BCUT2D eigenvalue weighted by atomic mass is 79.9. The van der Waals surface area contributed by atoms with E-state index in [0.29, 0.717) is 32.3 Å².